The molecule has 1 N–H and O–H groups in total. The summed E-state index contributed by atoms with van der Waals surface area (Å²) in [5.41, 5.74) is 1.11. The Morgan fingerprint density at radius 1 is 1.38 bits per heavy atom. The van der Waals surface area contributed by atoms with E-state index >= 15 is 0 Å². The third-order valence-corrected chi connectivity index (χ3v) is 1.67. The van der Waals surface area contributed by atoms with E-state index in [4.69, 9.17) is 9.84 Å². The molecule has 0 radical (unpaired) electrons. The molecule has 0 amide bonds. The lowest BCUT2D eigenvalue weighted by molar-refractivity contribution is 0.0505. The lowest BCUT2D eigenvalue weighted by Gasteiger charge is -2.06. The van der Waals surface area contributed by atoms with Crippen molar-refractivity contribution in [2.45, 2.75) is 12.7 Å². The Hall–Kier alpha value is -1.12. The Kier molecular flexibility index (Phi) is 4.23. The van der Waals surface area contributed by atoms with Crippen molar-refractivity contribution in [1.82, 2.24) is 0 Å². The van der Waals surface area contributed by atoms with Crippen molar-refractivity contribution in [3.8, 4) is 0 Å². The van der Waals surface area contributed by atoms with Gasteiger partial charge in [0.25, 0.3) is 0 Å². The summed E-state index contributed by atoms with van der Waals surface area (Å²) < 4.78 is 5.25. The summed E-state index contributed by atoms with van der Waals surface area (Å²) in [7, 11) is 0. The van der Waals surface area contributed by atoms with Crippen molar-refractivity contribution in [2.75, 3.05) is 6.61 Å². The SMILES string of the molecule is C=CC(O)COCc1ccccc1. The molecule has 0 spiro atoms. The molecule has 1 aromatic rings. The number of benzene rings is 1. The standard InChI is InChI=1S/C11H14O2/c1-2-11(12)9-13-8-10-6-4-3-5-7-10/h2-7,11-12H,1,8-9H2. The van der Waals surface area contributed by atoms with Crippen LogP contribution in [0.2, 0.25) is 0 Å². The van der Waals surface area contributed by atoms with Crippen LogP contribution in [0.4, 0.5) is 0 Å². The summed E-state index contributed by atoms with van der Waals surface area (Å²) >= 11 is 0. The molecule has 0 aliphatic carbocycles. The van der Waals surface area contributed by atoms with E-state index in [1.807, 2.05) is 30.3 Å². The fraction of sp³-hybridized carbons (Fsp3) is 0.273. The first-order valence-electron chi connectivity index (χ1n) is 4.25. The van der Waals surface area contributed by atoms with Crippen molar-refractivity contribution in [1.29, 1.82) is 0 Å². The van der Waals surface area contributed by atoms with E-state index < -0.39 is 6.10 Å². The van der Waals surface area contributed by atoms with Gasteiger partial charge in [0.15, 0.2) is 0 Å². The van der Waals surface area contributed by atoms with Gasteiger partial charge >= 0.3 is 0 Å². The number of hydrogen-bond acceptors (Lipinski definition) is 2. The van der Waals surface area contributed by atoms with Crippen LogP contribution in [0.5, 0.6) is 0 Å². The minimum atomic E-state index is -0.566. The molecule has 0 aliphatic rings. The van der Waals surface area contributed by atoms with Gasteiger partial charge in [0, 0.05) is 0 Å². The molecule has 70 valence electrons. The van der Waals surface area contributed by atoms with Gasteiger partial charge in [0.05, 0.1) is 19.3 Å². The van der Waals surface area contributed by atoms with Gasteiger partial charge in [0.2, 0.25) is 0 Å². The van der Waals surface area contributed by atoms with Gasteiger partial charge in [-0.05, 0) is 5.56 Å². The summed E-state index contributed by atoms with van der Waals surface area (Å²) in [4.78, 5) is 0. The van der Waals surface area contributed by atoms with Crippen LogP contribution in [0, 0.1) is 0 Å². The van der Waals surface area contributed by atoms with E-state index in [0.717, 1.165) is 5.56 Å². The predicted molar refractivity (Wildman–Crippen MR) is 52.3 cm³/mol. The third-order valence-electron chi connectivity index (χ3n) is 1.67. The smallest absolute Gasteiger partial charge is 0.0952 e. The van der Waals surface area contributed by atoms with Crippen LogP contribution in [0.25, 0.3) is 0 Å². The van der Waals surface area contributed by atoms with E-state index in [1.165, 1.54) is 6.08 Å². The first-order chi connectivity index (χ1) is 6.33. The highest BCUT2D eigenvalue weighted by Crippen LogP contribution is 2.00. The lowest BCUT2D eigenvalue weighted by atomic mass is 10.2. The molecule has 0 aromatic heterocycles. The number of hydrogen-bond donors (Lipinski definition) is 1. The van der Waals surface area contributed by atoms with E-state index in [-0.39, 0.29) is 0 Å². The van der Waals surface area contributed by atoms with Crippen LogP contribution in [0.3, 0.4) is 0 Å². The van der Waals surface area contributed by atoms with Gasteiger partial charge in [-0.3, -0.25) is 0 Å². The van der Waals surface area contributed by atoms with Crippen LogP contribution < -0.4 is 0 Å². The number of rotatable bonds is 5. The Labute approximate surface area is 78.5 Å². The number of ether oxygens (including phenoxy) is 1. The average Bonchev–Trinajstić information content (AvgIpc) is 2.19. The second kappa shape index (κ2) is 5.51. The predicted octanol–water partition coefficient (Wildman–Crippen LogP) is 1.75. The van der Waals surface area contributed by atoms with Crippen LogP contribution >= 0.6 is 0 Å². The Bertz CT molecular complexity index is 244. The first-order valence-corrected chi connectivity index (χ1v) is 4.25. The second-order valence-corrected chi connectivity index (χ2v) is 2.80. The normalized spacial score (nSPS) is 12.4. The zero-order valence-electron chi connectivity index (χ0n) is 7.52. The van der Waals surface area contributed by atoms with E-state index in [0.29, 0.717) is 13.2 Å². The molecule has 1 aromatic carbocycles. The fourth-order valence-corrected chi connectivity index (χ4v) is 0.940. The van der Waals surface area contributed by atoms with Crippen LogP contribution in [0.1, 0.15) is 5.56 Å². The molecule has 0 bridgehead atoms. The number of aliphatic hydroxyl groups is 1. The summed E-state index contributed by atoms with van der Waals surface area (Å²) in [6.45, 7) is 4.29. The topological polar surface area (TPSA) is 29.5 Å². The van der Waals surface area contributed by atoms with Gasteiger partial charge in [-0.25, -0.2) is 0 Å². The lowest BCUT2D eigenvalue weighted by Crippen LogP contribution is -2.11. The Morgan fingerprint density at radius 2 is 2.08 bits per heavy atom. The molecule has 0 saturated heterocycles. The highest BCUT2D eigenvalue weighted by molar-refractivity contribution is 5.13. The molecule has 2 heteroatoms. The van der Waals surface area contributed by atoms with Crippen LogP contribution in [-0.2, 0) is 11.3 Å². The van der Waals surface area contributed by atoms with Crippen LogP contribution in [-0.4, -0.2) is 17.8 Å². The summed E-state index contributed by atoms with van der Waals surface area (Å²) in [5, 5.41) is 9.09. The monoisotopic (exact) mass is 178 g/mol. The van der Waals surface area contributed by atoms with E-state index in [9.17, 15) is 0 Å². The molecular formula is C11H14O2. The summed E-state index contributed by atoms with van der Waals surface area (Å²) in [6, 6.07) is 9.86. The van der Waals surface area contributed by atoms with Crippen molar-refractivity contribution < 1.29 is 9.84 Å². The van der Waals surface area contributed by atoms with Crippen molar-refractivity contribution >= 4 is 0 Å². The molecule has 0 aliphatic heterocycles. The minimum absolute atomic E-state index is 0.304. The number of aliphatic hydroxyl groups excluding tert-OH is 1. The molecular weight excluding hydrogens is 164 g/mol. The zero-order valence-corrected chi connectivity index (χ0v) is 7.52. The largest absolute Gasteiger partial charge is 0.387 e. The molecule has 0 heterocycles. The first kappa shape index (κ1) is 9.96. The molecule has 0 fully saturated rings. The van der Waals surface area contributed by atoms with Gasteiger partial charge < -0.3 is 9.84 Å². The van der Waals surface area contributed by atoms with Gasteiger partial charge in [-0.2, -0.15) is 0 Å². The minimum Gasteiger partial charge on any atom is -0.387 e. The van der Waals surface area contributed by atoms with Crippen molar-refractivity contribution in [3.63, 3.8) is 0 Å². The van der Waals surface area contributed by atoms with Crippen molar-refractivity contribution in [3.05, 3.63) is 48.6 Å². The molecule has 13 heavy (non-hydrogen) atoms. The maximum absolute atomic E-state index is 9.09. The van der Waals surface area contributed by atoms with Crippen LogP contribution in [0.15, 0.2) is 43.0 Å². The fourth-order valence-electron chi connectivity index (χ4n) is 0.940. The molecule has 1 atom stereocenters. The Morgan fingerprint density at radius 3 is 2.69 bits per heavy atom. The van der Waals surface area contributed by atoms with E-state index in [2.05, 4.69) is 6.58 Å². The quantitative estimate of drug-likeness (QED) is 0.696. The highest BCUT2D eigenvalue weighted by Gasteiger charge is 1.97. The maximum atomic E-state index is 9.09. The Balaban J connectivity index is 2.24. The van der Waals surface area contributed by atoms with Crippen molar-refractivity contribution in [2.24, 2.45) is 0 Å². The molecule has 0 saturated carbocycles. The third kappa shape index (κ3) is 3.87. The zero-order chi connectivity index (χ0) is 9.52. The molecule has 2 nitrogen and oxygen atoms in total. The molecule has 1 unspecified atom stereocenters. The van der Waals surface area contributed by atoms with Gasteiger partial charge in [-0.1, -0.05) is 36.4 Å². The van der Waals surface area contributed by atoms with Gasteiger partial charge in [-0.15, -0.1) is 6.58 Å². The maximum Gasteiger partial charge on any atom is 0.0952 e. The average molecular weight is 178 g/mol. The highest BCUT2D eigenvalue weighted by atomic mass is 16.5. The summed E-state index contributed by atoms with van der Waals surface area (Å²) in [5.74, 6) is 0. The molecule has 1 rings (SSSR count). The van der Waals surface area contributed by atoms with E-state index in [1.54, 1.807) is 0 Å². The van der Waals surface area contributed by atoms with Gasteiger partial charge in [0.1, 0.15) is 0 Å². The second-order valence-electron chi connectivity index (χ2n) is 2.80. The summed E-state index contributed by atoms with van der Waals surface area (Å²) in [6.07, 6.45) is 0.897.